The van der Waals surface area contributed by atoms with Crippen LogP contribution >= 0.6 is 17.0 Å². The van der Waals surface area contributed by atoms with Crippen LogP contribution in [0.15, 0.2) is 89.8 Å². The highest BCUT2D eigenvalue weighted by molar-refractivity contribution is 8.93. The number of halogens is 1. The number of unbranched alkanes of at least 4 members (excludes halogenated alkanes) is 1. The van der Waals surface area contributed by atoms with E-state index in [0.29, 0.717) is 18.0 Å². The van der Waals surface area contributed by atoms with Gasteiger partial charge in [-0.15, -0.1) is 17.0 Å². The predicted octanol–water partition coefficient (Wildman–Crippen LogP) is 6.46. The molecular weight excluding hydrogens is 574 g/mol. The minimum Gasteiger partial charge on any atom is -0.374 e. The molecule has 4 aromatic rings. The summed E-state index contributed by atoms with van der Waals surface area (Å²) in [6.45, 7) is 5.03. The summed E-state index contributed by atoms with van der Waals surface area (Å²) in [5, 5.41) is 7.53. The molecule has 1 aliphatic rings. The largest absolute Gasteiger partial charge is 0.374 e. The number of fused-ring (bicyclic) bond motifs is 2. The van der Waals surface area contributed by atoms with Crippen LogP contribution in [0, 0.1) is 0 Å². The van der Waals surface area contributed by atoms with E-state index in [1.807, 2.05) is 66.4 Å². The van der Waals surface area contributed by atoms with E-state index in [4.69, 9.17) is 0 Å². The summed E-state index contributed by atoms with van der Waals surface area (Å²) < 4.78 is 29.2. The molecule has 0 aromatic heterocycles. The monoisotopic (exact) mass is 609 g/mol. The van der Waals surface area contributed by atoms with Gasteiger partial charge in [-0.25, -0.2) is 8.42 Å². The van der Waals surface area contributed by atoms with Crippen LogP contribution < -0.4 is 5.32 Å². The van der Waals surface area contributed by atoms with Crippen molar-refractivity contribution in [1.29, 1.82) is 0 Å². The molecule has 2 unspecified atom stereocenters. The van der Waals surface area contributed by atoms with Crippen LogP contribution in [-0.4, -0.2) is 55.2 Å². The van der Waals surface area contributed by atoms with Crippen LogP contribution in [0.2, 0.25) is 0 Å². The molecule has 0 radical (unpaired) electrons. The fourth-order valence-electron chi connectivity index (χ4n) is 5.36. The first-order valence-electron chi connectivity index (χ1n) is 13.4. The lowest BCUT2D eigenvalue weighted by atomic mass is 10.1. The summed E-state index contributed by atoms with van der Waals surface area (Å²) in [5.74, 6) is -0.0117. The second kappa shape index (κ2) is 12.5. The molecule has 0 spiro atoms. The first kappa shape index (κ1) is 29.1. The molecule has 0 bridgehead atoms. The Morgan fingerprint density at radius 1 is 0.897 bits per heavy atom. The van der Waals surface area contributed by atoms with Crippen molar-refractivity contribution in [3.8, 4) is 0 Å². The molecule has 0 saturated carbocycles. The SMILES string of the molecule is Br.CCCCC1CN(C(=O)C(C)Nc2ccc3ccccc3c2)CCN1S(=O)(=O)c1ccc2ccccc2c1. The summed E-state index contributed by atoms with van der Waals surface area (Å²) in [7, 11) is -3.69. The van der Waals surface area contributed by atoms with E-state index in [2.05, 4.69) is 30.4 Å². The number of carbonyl (C=O) groups excluding carboxylic acids is 1. The van der Waals surface area contributed by atoms with Gasteiger partial charge in [-0.05, 0) is 59.2 Å². The minimum atomic E-state index is -3.69. The molecule has 2 atom stereocenters. The zero-order valence-corrected chi connectivity index (χ0v) is 24.9. The number of benzene rings is 4. The average molecular weight is 611 g/mol. The molecule has 1 aliphatic heterocycles. The van der Waals surface area contributed by atoms with Gasteiger partial charge in [-0.3, -0.25) is 4.79 Å². The predicted molar refractivity (Wildman–Crippen MR) is 165 cm³/mol. The minimum absolute atomic E-state index is 0. The second-order valence-electron chi connectivity index (χ2n) is 10.1. The first-order chi connectivity index (χ1) is 18.4. The van der Waals surface area contributed by atoms with Gasteiger partial charge in [0.1, 0.15) is 6.04 Å². The Morgan fingerprint density at radius 3 is 2.18 bits per heavy atom. The summed E-state index contributed by atoms with van der Waals surface area (Å²) in [6.07, 6.45) is 2.59. The summed E-state index contributed by atoms with van der Waals surface area (Å²) in [4.78, 5) is 15.6. The molecule has 206 valence electrons. The molecule has 0 aliphatic carbocycles. The van der Waals surface area contributed by atoms with Crippen LogP contribution in [0.4, 0.5) is 5.69 Å². The maximum absolute atomic E-state index is 13.8. The van der Waals surface area contributed by atoms with Gasteiger partial charge in [-0.2, -0.15) is 4.31 Å². The fraction of sp³-hybridized carbons (Fsp3) is 0.323. The highest BCUT2D eigenvalue weighted by atomic mass is 79.9. The normalized spacial score (nSPS) is 17.1. The molecule has 1 fully saturated rings. The number of sulfonamides is 1. The lowest BCUT2D eigenvalue weighted by molar-refractivity contribution is -0.133. The smallest absolute Gasteiger partial charge is 0.244 e. The van der Waals surface area contributed by atoms with Gasteiger partial charge in [0.25, 0.3) is 0 Å². The fourth-order valence-corrected chi connectivity index (χ4v) is 7.03. The third-order valence-electron chi connectivity index (χ3n) is 7.46. The van der Waals surface area contributed by atoms with Crippen molar-refractivity contribution in [3.63, 3.8) is 0 Å². The van der Waals surface area contributed by atoms with Crippen molar-refractivity contribution in [1.82, 2.24) is 9.21 Å². The lowest BCUT2D eigenvalue weighted by Gasteiger charge is -2.41. The zero-order valence-electron chi connectivity index (χ0n) is 22.4. The van der Waals surface area contributed by atoms with E-state index in [9.17, 15) is 13.2 Å². The average Bonchev–Trinajstić information content (AvgIpc) is 2.95. The molecule has 1 saturated heterocycles. The number of nitrogens with one attached hydrogen (secondary N) is 1. The molecule has 1 amide bonds. The van der Waals surface area contributed by atoms with Crippen LogP contribution in [0.3, 0.4) is 0 Å². The number of carbonyl (C=O) groups is 1. The van der Waals surface area contributed by atoms with E-state index < -0.39 is 16.1 Å². The van der Waals surface area contributed by atoms with Crippen LogP contribution in [-0.2, 0) is 14.8 Å². The van der Waals surface area contributed by atoms with E-state index >= 15 is 0 Å². The molecule has 6 nitrogen and oxygen atoms in total. The van der Waals surface area contributed by atoms with Gasteiger partial charge in [-0.1, -0.05) is 80.4 Å². The van der Waals surface area contributed by atoms with Gasteiger partial charge in [0.05, 0.1) is 4.90 Å². The van der Waals surface area contributed by atoms with Crippen molar-refractivity contribution >= 4 is 60.1 Å². The van der Waals surface area contributed by atoms with Gasteiger partial charge < -0.3 is 10.2 Å². The number of anilines is 1. The molecule has 39 heavy (non-hydrogen) atoms. The van der Waals surface area contributed by atoms with Crippen LogP contribution in [0.5, 0.6) is 0 Å². The maximum atomic E-state index is 13.8. The number of rotatable bonds is 8. The molecule has 8 heteroatoms. The standard InChI is InChI=1S/C31H35N3O3S.BrH/c1-3-4-13-29-22-33(31(35)23(2)32-28-16-14-24-9-5-7-11-26(24)20-28)18-19-34(29)38(36,37)30-17-15-25-10-6-8-12-27(25)21-30;/h5-12,14-17,20-21,23,29,32H,3-4,13,18-19,22H2,1-2H3;1H. The molecule has 4 aromatic carbocycles. The van der Waals surface area contributed by atoms with Crippen molar-refractivity contribution in [3.05, 3.63) is 84.9 Å². The van der Waals surface area contributed by atoms with Crippen molar-refractivity contribution < 1.29 is 13.2 Å². The Bertz CT molecular complexity index is 1560. The van der Waals surface area contributed by atoms with Crippen molar-refractivity contribution in [2.75, 3.05) is 25.0 Å². The first-order valence-corrected chi connectivity index (χ1v) is 14.9. The quantitative estimate of drug-likeness (QED) is 0.249. The Balaban J connectivity index is 0.00000353. The highest BCUT2D eigenvalue weighted by Crippen LogP contribution is 2.27. The van der Waals surface area contributed by atoms with E-state index in [1.54, 1.807) is 16.4 Å². The summed E-state index contributed by atoms with van der Waals surface area (Å²) >= 11 is 0. The van der Waals surface area contributed by atoms with Crippen LogP contribution in [0.25, 0.3) is 21.5 Å². The third-order valence-corrected chi connectivity index (χ3v) is 9.41. The van der Waals surface area contributed by atoms with Crippen molar-refractivity contribution in [2.24, 2.45) is 0 Å². The lowest BCUT2D eigenvalue weighted by Crippen LogP contribution is -2.58. The second-order valence-corrected chi connectivity index (χ2v) is 12.0. The van der Waals surface area contributed by atoms with Gasteiger partial charge in [0, 0.05) is 31.4 Å². The number of nitrogens with zero attached hydrogens (tertiary/aromatic N) is 2. The van der Waals surface area contributed by atoms with E-state index in [1.165, 1.54) is 0 Å². The number of piperazine rings is 1. The molecule has 5 rings (SSSR count). The zero-order chi connectivity index (χ0) is 26.7. The Labute approximate surface area is 241 Å². The number of amides is 1. The van der Waals surface area contributed by atoms with Gasteiger partial charge in [0.2, 0.25) is 15.9 Å². The Kier molecular flexibility index (Phi) is 9.31. The Morgan fingerprint density at radius 2 is 1.51 bits per heavy atom. The van der Waals surface area contributed by atoms with Crippen LogP contribution in [0.1, 0.15) is 33.1 Å². The third kappa shape index (κ3) is 6.29. The number of hydrogen-bond acceptors (Lipinski definition) is 4. The topological polar surface area (TPSA) is 69.7 Å². The van der Waals surface area contributed by atoms with E-state index in [-0.39, 0.29) is 35.5 Å². The Hall–Kier alpha value is -2.94. The number of hydrogen-bond donors (Lipinski definition) is 1. The summed E-state index contributed by atoms with van der Waals surface area (Å²) in [5.41, 5.74) is 0.893. The van der Waals surface area contributed by atoms with Crippen molar-refractivity contribution in [2.45, 2.75) is 50.1 Å². The molecular formula is C31H36BrN3O3S. The maximum Gasteiger partial charge on any atom is 0.244 e. The molecule has 1 heterocycles. The highest BCUT2D eigenvalue weighted by Gasteiger charge is 2.38. The summed E-state index contributed by atoms with van der Waals surface area (Å²) in [6, 6.07) is 26.6. The molecule has 1 N–H and O–H groups in total. The van der Waals surface area contributed by atoms with Gasteiger partial charge in [0.15, 0.2) is 0 Å². The van der Waals surface area contributed by atoms with E-state index in [0.717, 1.165) is 46.5 Å². The van der Waals surface area contributed by atoms with Gasteiger partial charge >= 0.3 is 0 Å².